The highest BCUT2D eigenvalue weighted by Crippen LogP contribution is 2.37. The predicted octanol–water partition coefficient (Wildman–Crippen LogP) is 6.10. The highest BCUT2D eigenvalue weighted by molar-refractivity contribution is 6.30. The van der Waals surface area contributed by atoms with Gasteiger partial charge in [-0.25, -0.2) is 9.78 Å². The van der Waals surface area contributed by atoms with E-state index in [1.807, 2.05) is 53.2 Å². The van der Waals surface area contributed by atoms with Crippen molar-refractivity contribution in [1.82, 2.24) is 14.5 Å². The van der Waals surface area contributed by atoms with Gasteiger partial charge in [0.2, 0.25) is 0 Å². The first-order valence-corrected chi connectivity index (χ1v) is 10.5. The second kappa shape index (κ2) is 7.58. The van der Waals surface area contributed by atoms with E-state index in [9.17, 15) is 9.90 Å². The number of hydrogen-bond donors (Lipinski definition) is 1. The van der Waals surface area contributed by atoms with Gasteiger partial charge in [0, 0.05) is 22.5 Å². The number of nitrogens with zero attached hydrogens (tertiary/aromatic N) is 3. The van der Waals surface area contributed by atoms with Crippen LogP contribution in [-0.4, -0.2) is 25.6 Å². The maximum atomic E-state index is 11.8. The number of carboxylic acid groups (broad SMARTS) is 1. The molecule has 1 saturated carbocycles. The van der Waals surface area contributed by atoms with Gasteiger partial charge < -0.3 is 5.11 Å². The lowest BCUT2D eigenvalue weighted by Gasteiger charge is -2.15. The van der Waals surface area contributed by atoms with E-state index in [4.69, 9.17) is 16.6 Å². The van der Waals surface area contributed by atoms with Gasteiger partial charge in [-0.15, -0.1) is 0 Å². The lowest BCUT2D eigenvalue weighted by Crippen LogP contribution is -2.07. The van der Waals surface area contributed by atoms with Crippen LogP contribution in [-0.2, 0) is 0 Å². The second-order valence-electron chi connectivity index (χ2n) is 7.72. The molecule has 0 amide bonds. The Morgan fingerprint density at radius 1 is 1.10 bits per heavy atom. The summed E-state index contributed by atoms with van der Waals surface area (Å²) in [7, 11) is 0. The first kappa shape index (κ1) is 18.8. The zero-order valence-electron chi connectivity index (χ0n) is 16.3. The number of fused-ring (bicyclic) bond motifs is 1. The van der Waals surface area contributed by atoms with Crippen LogP contribution < -0.4 is 0 Å². The molecule has 0 saturated heterocycles. The summed E-state index contributed by atoms with van der Waals surface area (Å²) >= 11 is 6.14. The molecule has 4 aromatic rings. The first-order chi connectivity index (χ1) is 14.6. The molecule has 0 radical (unpaired) electrons. The minimum absolute atomic E-state index is 0.297. The Labute approximate surface area is 179 Å². The van der Waals surface area contributed by atoms with E-state index in [1.54, 1.807) is 12.3 Å². The SMILES string of the molecule is O=C(O)c1ccc(-n2ccc3ncc(-c4cccc(Cl)c4)nc32)cc1C1CCCC1. The molecule has 0 aliphatic heterocycles. The Bertz CT molecular complexity index is 1260. The van der Waals surface area contributed by atoms with Gasteiger partial charge in [-0.05, 0) is 60.7 Å². The molecular formula is C24H20ClN3O2. The number of benzene rings is 2. The highest BCUT2D eigenvalue weighted by Gasteiger charge is 2.23. The van der Waals surface area contributed by atoms with E-state index >= 15 is 0 Å². The smallest absolute Gasteiger partial charge is 0.335 e. The maximum absolute atomic E-state index is 11.8. The van der Waals surface area contributed by atoms with Crippen LogP contribution in [0.2, 0.25) is 5.02 Å². The van der Waals surface area contributed by atoms with Crippen molar-refractivity contribution in [3.05, 3.63) is 77.1 Å². The van der Waals surface area contributed by atoms with Gasteiger partial charge >= 0.3 is 5.97 Å². The van der Waals surface area contributed by atoms with Crippen molar-refractivity contribution in [3.63, 3.8) is 0 Å². The fourth-order valence-corrected chi connectivity index (χ4v) is 4.55. The summed E-state index contributed by atoms with van der Waals surface area (Å²) < 4.78 is 1.97. The van der Waals surface area contributed by atoms with Gasteiger partial charge in [0.05, 0.1) is 17.5 Å². The van der Waals surface area contributed by atoms with Crippen LogP contribution in [0.5, 0.6) is 0 Å². The van der Waals surface area contributed by atoms with Crippen LogP contribution in [0.4, 0.5) is 0 Å². The highest BCUT2D eigenvalue weighted by atomic mass is 35.5. The average molecular weight is 418 g/mol. The molecule has 1 fully saturated rings. The van der Waals surface area contributed by atoms with E-state index in [0.717, 1.165) is 59.4 Å². The molecule has 150 valence electrons. The Hall–Kier alpha value is -3.18. The third kappa shape index (κ3) is 3.35. The topological polar surface area (TPSA) is 68.0 Å². The Morgan fingerprint density at radius 3 is 2.70 bits per heavy atom. The van der Waals surface area contributed by atoms with Gasteiger partial charge in [-0.2, -0.15) is 0 Å². The largest absolute Gasteiger partial charge is 0.478 e. The first-order valence-electron chi connectivity index (χ1n) is 10.1. The number of aromatic carboxylic acids is 1. The van der Waals surface area contributed by atoms with Gasteiger partial charge in [0.15, 0.2) is 5.65 Å². The Kier molecular flexibility index (Phi) is 4.75. The zero-order valence-corrected chi connectivity index (χ0v) is 17.0. The minimum Gasteiger partial charge on any atom is -0.478 e. The molecule has 6 heteroatoms. The standard InChI is InChI=1S/C24H20ClN3O2/c25-17-7-3-6-16(12-17)22-14-26-21-10-11-28(23(21)27-22)18-8-9-19(24(29)30)20(13-18)15-4-1-2-5-15/h3,6-15H,1-2,4-5H2,(H,29,30). The molecule has 1 aliphatic rings. The average Bonchev–Trinajstić information content (AvgIpc) is 3.43. The molecule has 0 bridgehead atoms. The Balaban J connectivity index is 1.63. The monoisotopic (exact) mass is 417 g/mol. The van der Waals surface area contributed by atoms with Gasteiger partial charge in [-0.3, -0.25) is 9.55 Å². The third-order valence-corrected chi connectivity index (χ3v) is 6.09. The third-order valence-electron chi connectivity index (χ3n) is 5.85. The normalized spacial score (nSPS) is 14.4. The summed E-state index contributed by atoms with van der Waals surface area (Å²) in [5, 5.41) is 10.3. The predicted molar refractivity (Wildman–Crippen MR) is 117 cm³/mol. The van der Waals surface area contributed by atoms with Crippen molar-refractivity contribution < 1.29 is 9.90 Å². The van der Waals surface area contributed by atoms with Crippen molar-refractivity contribution in [1.29, 1.82) is 0 Å². The molecule has 0 atom stereocenters. The summed E-state index contributed by atoms with van der Waals surface area (Å²) in [6.07, 6.45) is 8.05. The van der Waals surface area contributed by atoms with E-state index in [1.165, 1.54) is 0 Å². The van der Waals surface area contributed by atoms with Crippen molar-refractivity contribution in [2.75, 3.05) is 0 Å². The summed E-state index contributed by atoms with van der Waals surface area (Å²) in [5.41, 5.74) is 5.36. The lowest BCUT2D eigenvalue weighted by molar-refractivity contribution is 0.0695. The van der Waals surface area contributed by atoms with Crippen LogP contribution in [0, 0.1) is 0 Å². The summed E-state index contributed by atoms with van der Waals surface area (Å²) in [6.45, 7) is 0. The molecule has 1 N–H and O–H groups in total. The number of hydrogen-bond acceptors (Lipinski definition) is 3. The van der Waals surface area contributed by atoms with Crippen molar-refractivity contribution in [2.45, 2.75) is 31.6 Å². The summed E-state index contributed by atoms with van der Waals surface area (Å²) in [5.74, 6) is -0.574. The molecule has 2 aromatic carbocycles. The number of carboxylic acids is 1. The van der Waals surface area contributed by atoms with Crippen LogP contribution in [0.3, 0.4) is 0 Å². The van der Waals surface area contributed by atoms with Crippen LogP contribution in [0.25, 0.3) is 28.1 Å². The van der Waals surface area contributed by atoms with Crippen LogP contribution in [0.15, 0.2) is 60.9 Å². The summed E-state index contributed by atoms with van der Waals surface area (Å²) in [6, 6.07) is 15.0. The van der Waals surface area contributed by atoms with E-state index in [2.05, 4.69) is 4.98 Å². The molecular weight excluding hydrogens is 398 g/mol. The number of rotatable bonds is 4. The van der Waals surface area contributed by atoms with Crippen LogP contribution in [0.1, 0.15) is 47.5 Å². The number of aromatic nitrogens is 3. The molecule has 0 unspecified atom stereocenters. The van der Waals surface area contributed by atoms with Gasteiger partial charge in [0.1, 0.15) is 5.52 Å². The summed E-state index contributed by atoms with van der Waals surface area (Å²) in [4.78, 5) is 21.2. The maximum Gasteiger partial charge on any atom is 0.335 e. The molecule has 30 heavy (non-hydrogen) atoms. The van der Waals surface area contributed by atoms with Crippen LogP contribution >= 0.6 is 11.6 Å². The Morgan fingerprint density at radius 2 is 1.93 bits per heavy atom. The fourth-order valence-electron chi connectivity index (χ4n) is 4.36. The molecule has 5 nitrogen and oxygen atoms in total. The van der Waals surface area contributed by atoms with Crippen molar-refractivity contribution >= 4 is 28.7 Å². The van der Waals surface area contributed by atoms with Gasteiger partial charge in [0.25, 0.3) is 0 Å². The minimum atomic E-state index is -0.871. The van der Waals surface area contributed by atoms with Crippen molar-refractivity contribution in [3.8, 4) is 16.9 Å². The van der Waals surface area contributed by atoms with E-state index in [-0.39, 0.29) is 0 Å². The number of carbonyl (C=O) groups is 1. The molecule has 2 aromatic heterocycles. The van der Waals surface area contributed by atoms with Crippen molar-refractivity contribution in [2.24, 2.45) is 0 Å². The molecule has 2 heterocycles. The molecule has 0 spiro atoms. The van der Waals surface area contributed by atoms with E-state index in [0.29, 0.717) is 16.5 Å². The quantitative estimate of drug-likeness (QED) is 0.435. The van der Waals surface area contributed by atoms with Gasteiger partial charge in [-0.1, -0.05) is 36.6 Å². The molecule has 5 rings (SSSR count). The number of halogens is 1. The lowest BCUT2D eigenvalue weighted by atomic mass is 9.92. The second-order valence-corrected chi connectivity index (χ2v) is 8.15. The van der Waals surface area contributed by atoms with E-state index < -0.39 is 5.97 Å². The zero-order chi connectivity index (χ0) is 20.7. The molecule has 1 aliphatic carbocycles. The fraction of sp³-hybridized carbons (Fsp3) is 0.208.